The number of hydrogen-bond acceptors (Lipinski definition) is 15. The van der Waals surface area contributed by atoms with Gasteiger partial charge in [-0.3, -0.25) is 37.3 Å². The Hall–Kier alpha value is -1.94. The number of hydrogen-bond donors (Lipinski definition) is 3. The van der Waals surface area contributed by atoms with Gasteiger partial charge in [0, 0.05) is 25.7 Å². The van der Waals surface area contributed by atoms with E-state index in [1.807, 2.05) is 0 Å². The normalized spacial score (nSPS) is 14.4. The highest BCUT2D eigenvalue weighted by atomic mass is 31.2. The van der Waals surface area contributed by atoms with E-state index in [0.717, 1.165) is 114 Å². The van der Waals surface area contributed by atoms with Crippen LogP contribution in [0, 0.1) is 23.7 Å². The summed E-state index contributed by atoms with van der Waals surface area (Å²) >= 11 is 0. The van der Waals surface area contributed by atoms with Crippen LogP contribution in [-0.2, 0) is 65.4 Å². The molecule has 3 unspecified atom stereocenters. The number of ether oxygens (including phenoxy) is 4. The van der Waals surface area contributed by atoms with Crippen molar-refractivity contribution in [2.45, 2.75) is 337 Å². The molecule has 19 heteroatoms. The smallest absolute Gasteiger partial charge is 0.462 e. The fraction of sp³-hybridized carbons (Fsp3) is 0.939. The Kier molecular flexibility index (Phi) is 54.8. The first-order chi connectivity index (χ1) is 40.6. The molecule has 0 spiro atoms. The van der Waals surface area contributed by atoms with Gasteiger partial charge < -0.3 is 33.8 Å². The molecule has 0 amide bonds. The minimum Gasteiger partial charge on any atom is -0.462 e. The lowest BCUT2D eigenvalue weighted by atomic mass is 10.0. The van der Waals surface area contributed by atoms with Crippen molar-refractivity contribution in [3.8, 4) is 0 Å². The van der Waals surface area contributed by atoms with Gasteiger partial charge in [-0.2, -0.15) is 0 Å². The van der Waals surface area contributed by atoms with Crippen molar-refractivity contribution in [3.05, 3.63) is 0 Å². The highest BCUT2D eigenvalue weighted by Crippen LogP contribution is 2.45. The largest absolute Gasteiger partial charge is 0.472 e. The summed E-state index contributed by atoms with van der Waals surface area (Å²) in [5.74, 6) is 0.762. The highest BCUT2D eigenvalue weighted by molar-refractivity contribution is 7.47. The fourth-order valence-corrected chi connectivity index (χ4v) is 11.4. The number of carbonyl (C=O) groups excluding carboxylic acids is 4. The van der Waals surface area contributed by atoms with E-state index in [4.69, 9.17) is 37.0 Å². The van der Waals surface area contributed by atoms with E-state index < -0.39 is 97.5 Å². The Morgan fingerprint density at radius 1 is 0.294 bits per heavy atom. The van der Waals surface area contributed by atoms with Crippen LogP contribution in [0.15, 0.2) is 0 Å². The molecule has 0 rings (SSSR count). The maximum Gasteiger partial charge on any atom is 0.472 e. The van der Waals surface area contributed by atoms with Crippen LogP contribution in [0.5, 0.6) is 0 Å². The standard InChI is InChI=1S/C66H128O17P2/c1-56(2)42-34-26-18-11-9-10-12-22-30-38-46-63(68)76-52-61(82-65(70)48-40-32-23-15-13-19-27-35-43-57(3)4)54-80-84(72,73)78-50-60(67)51-79-85(74,75)81-55-62(53-77-64(69)47-39-31-25-17-21-29-37-45-59(7)8)83-66(71)49-41-33-24-16-14-20-28-36-44-58(5)6/h56-62,67H,9-55H2,1-8H3,(H,72,73)(H,74,75)/t60?,61-,62-/m1/s1. The van der Waals surface area contributed by atoms with Crippen LogP contribution in [0.3, 0.4) is 0 Å². The molecule has 0 aliphatic rings. The van der Waals surface area contributed by atoms with Crippen LogP contribution in [0.2, 0.25) is 0 Å². The van der Waals surface area contributed by atoms with Crippen LogP contribution in [0.1, 0.15) is 319 Å². The average Bonchev–Trinajstić information content (AvgIpc) is 3.45. The fourth-order valence-electron chi connectivity index (χ4n) is 9.78. The molecule has 3 N–H and O–H groups in total. The first-order valence-corrected chi connectivity index (χ1v) is 37.2. The Morgan fingerprint density at radius 2 is 0.494 bits per heavy atom. The minimum absolute atomic E-state index is 0.103. The zero-order valence-electron chi connectivity index (χ0n) is 55.2. The molecule has 0 fully saturated rings. The third-order valence-electron chi connectivity index (χ3n) is 15.1. The number of aliphatic hydroxyl groups excluding tert-OH is 1. The van der Waals surface area contributed by atoms with Crippen LogP contribution in [0.4, 0.5) is 0 Å². The van der Waals surface area contributed by atoms with Gasteiger partial charge in [-0.25, -0.2) is 9.13 Å². The summed E-state index contributed by atoms with van der Waals surface area (Å²) in [6, 6.07) is 0. The van der Waals surface area contributed by atoms with Gasteiger partial charge >= 0.3 is 39.5 Å². The second kappa shape index (κ2) is 56.1. The van der Waals surface area contributed by atoms with E-state index >= 15 is 0 Å². The van der Waals surface area contributed by atoms with Crippen molar-refractivity contribution in [1.29, 1.82) is 0 Å². The molecule has 0 heterocycles. The predicted octanol–water partition coefficient (Wildman–Crippen LogP) is 18.1. The molecule has 0 aliphatic carbocycles. The molecule has 504 valence electrons. The van der Waals surface area contributed by atoms with Crippen molar-refractivity contribution in [1.82, 2.24) is 0 Å². The molecule has 85 heavy (non-hydrogen) atoms. The van der Waals surface area contributed by atoms with Crippen molar-refractivity contribution in [3.63, 3.8) is 0 Å². The van der Waals surface area contributed by atoms with Gasteiger partial charge in [0.1, 0.15) is 19.3 Å². The Bertz CT molecular complexity index is 1700. The SMILES string of the molecule is CC(C)CCCCCCCCCCCCC(=O)OC[C@H](COP(=O)(O)OCC(O)COP(=O)(O)OC[C@@H](COC(=O)CCCCCCCCCC(C)C)OC(=O)CCCCCCCCCCC(C)C)OC(=O)CCCCCCCCCCC(C)C. The number of esters is 4. The number of phosphoric acid groups is 2. The summed E-state index contributed by atoms with van der Waals surface area (Å²) in [7, 11) is -9.89. The van der Waals surface area contributed by atoms with Crippen LogP contribution >= 0.6 is 15.6 Å². The number of phosphoric ester groups is 2. The summed E-state index contributed by atoms with van der Waals surface area (Å²) in [6.07, 6.45) is 36.3. The van der Waals surface area contributed by atoms with Gasteiger partial charge in [0.2, 0.25) is 0 Å². The Balaban J connectivity index is 5.25. The van der Waals surface area contributed by atoms with Crippen molar-refractivity contribution >= 4 is 39.5 Å². The van der Waals surface area contributed by atoms with Gasteiger partial charge in [-0.05, 0) is 49.4 Å². The average molecular weight is 1260 g/mol. The molecule has 0 aromatic carbocycles. The lowest BCUT2D eigenvalue weighted by Gasteiger charge is -2.21. The molecule has 0 saturated carbocycles. The molecule has 0 saturated heterocycles. The number of aliphatic hydroxyl groups is 1. The van der Waals surface area contributed by atoms with E-state index in [9.17, 15) is 43.2 Å². The molecule has 0 bridgehead atoms. The van der Waals surface area contributed by atoms with Gasteiger partial charge in [-0.1, -0.05) is 267 Å². The number of carbonyl (C=O) groups is 4. The van der Waals surface area contributed by atoms with E-state index in [1.54, 1.807) is 0 Å². The monoisotopic (exact) mass is 1250 g/mol. The summed E-state index contributed by atoms with van der Waals surface area (Å²) < 4.78 is 68.1. The number of unbranched alkanes of at least 4 members (excludes halogenated alkanes) is 29. The molecule has 0 aromatic heterocycles. The summed E-state index contributed by atoms with van der Waals surface area (Å²) in [5, 5.41) is 10.5. The van der Waals surface area contributed by atoms with Crippen molar-refractivity contribution in [2.75, 3.05) is 39.6 Å². The second-order valence-electron chi connectivity index (χ2n) is 25.8. The van der Waals surface area contributed by atoms with E-state index in [-0.39, 0.29) is 25.7 Å². The van der Waals surface area contributed by atoms with Gasteiger partial charge in [-0.15, -0.1) is 0 Å². The maximum absolute atomic E-state index is 13.0. The van der Waals surface area contributed by atoms with E-state index in [2.05, 4.69) is 55.4 Å². The summed E-state index contributed by atoms with van der Waals surface area (Å²) in [5.41, 5.74) is 0. The quantitative estimate of drug-likeness (QED) is 0.0222. The first-order valence-electron chi connectivity index (χ1n) is 34.2. The minimum atomic E-state index is -4.95. The van der Waals surface area contributed by atoms with Gasteiger partial charge in [0.15, 0.2) is 12.2 Å². The van der Waals surface area contributed by atoms with Crippen molar-refractivity contribution < 1.29 is 80.2 Å². The Morgan fingerprint density at radius 3 is 0.729 bits per heavy atom. The molecule has 0 aromatic rings. The first kappa shape index (κ1) is 83.1. The van der Waals surface area contributed by atoms with Gasteiger partial charge in [0.25, 0.3) is 0 Å². The maximum atomic E-state index is 13.0. The molecule has 0 radical (unpaired) electrons. The van der Waals surface area contributed by atoms with Crippen LogP contribution in [-0.4, -0.2) is 96.7 Å². The van der Waals surface area contributed by atoms with Crippen LogP contribution in [0.25, 0.3) is 0 Å². The molecule has 0 aliphatic heterocycles. The zero-order chi connectivity index (χ0) is 63.2. The molecular weight excluding hydrogens is 1130 g/mol. The lowest BCUT2D eigenvalue weighted by Crippen LogP contribution is -2.30. The third kappa shape index (κ3) is 60.7. The van der Waals surface area contributed by atoms with Crippen molar-refractivity contribution in [2.24, 2.45) is 23.7 Å². The van der Waals surface area contributed by atoms with E-state index in [1.165, 1.54) is 116 Å². The second-order valence-corrected chi connectivity index (χ2v) is 28.7. The summed E-state index contributed by atoms with van der Waals surface area (Å²) in [6.45, 7) is 14.0. The predicted molar refractivity (Wildman–Crippen MR) is 340 cm³/mol. The molecular formula is C66H128O17P2. The van der Waals surface area contributed by atoms with Crippen LogP contribution < -0.4 is 0 Å². The highest BCUT2D eigenvalue weighted by Gasteiger charge is 2.30. The molecule has 5 atom stereocenters. The summed E-state index contributed by atoms with van der Waals surface area (Å²) in [4.78, 5) is 72.3. The zero-order valence-corrected chi connectivity index (χ0v) is 57.0. The van der Waals surface area contributed by atoms with E-state index in [0.29, 0.717) is 31.6 Å². The number of rotatable bonds is 63. The lowest BCUT2D eigenvalue weighted by molar-refractivity contribution is -0.161. The topological polar surface area (TPSA) is 237 Å². The third-order valence-corrected chi connectivity index (χ3v) is 17.0. The molecule has 17 nitrogen and oxygen atoms in total. The Labute approximate surface area is 517 Å². The van der Waals surface area contributed by atoms with Gasteiger partial charge in [0.05, 0.1) is 26.4 Å².